The Kier molecular flexibility index (Phi) is 3.85. The van der Waals surface area contributed by atoms with Gasteiger partial charge in [0.1, 0.15) is 0 Å². The lowest BCUT2D eigenvalue weighted by Crippen LogP contribution is -2.64. The van der Waals surface area contributed by atoms with Crippen molar-refractivity contribution in [3.05, 3.63) is 0 Å². The van der Waals surface area contributed by atoms with E-state index in [2.05, 4.69) is 4.90 Å². The van der Waals surface area contributed by atoms with Gasteiger partial charge in [0.15, 0.2) is 5.79 Å². The number of ether oxygens (including phenoxy) is 2. The Morgan fingerprint density at radius 3 is 2.38 bits per heavy atom. The lowest BCUT2D eigenvalue weighted by molar-refractivity contribution is -0.277. The standard InChI is InChI=1S/C12H23NO3/c1-15-12(16-2)8-13(9-12)6-10-4-3-5-11(10)7-14/h10-11,14H,3-9H2,1-2H3. The Hall–Kier alpha value is -0.160. The lowest BCUT2D eigenvalue weighted by atomic mass is 9.94. The highest BCUT2D eigenvalue weighted by Gasteiger charge is 2.45. The second-order valence-corrected chi connectivity index (χ2v) is 5.12. The molecule has 4 heteroatoms. The minimum atomic E-state index is -0.368. The molecule has 1 heterocycles. The Balaban J connectivity index is 1.76. The highest BCUT2D eigenvalue weighted by atomic mass is 16.7. The molecule has 0 bridgehead atoms. The van der Waals surface area contributed by atoms with Crippen LogP contribution in [0.2, 0.25) is 0 Å². The number of methoxy groups -OCH3 is 2. The lowest BCUT2D eigenvalue weighted by Gasteiger charge is -2.48. The van der Waals surface area contributed by atoms with Gasteiger partial charge in [-0.25, -0.2) is 0 Å². The highest BCUT2D eigenvalue weighted by molar-refractivity contribution is 4.91. The van der Waals surface area contributed by atoms with Crippen molar-refractivity contribution in [2.24, 2.45) is 11.8 Å². The summed E-state index contributed by atoms with van der Waals surface area (Å²) in [6, 6.07) is 0. The molecule has 1 N–H and O–H groups in total. The van der Waals surface area contributed by atoms with E-state index in [-0.39, 0.29) is 5.79 Å². The van der Waals surface area contributed by atoms with E-state index in [0.717, 1.165) is 19.6 Å². The summed E-state index contributed by atoms with van der Waals surface area (Å²) in [7, 11) is 3.40. The maximum Gasteiger partial charge on any atom is 0.193 e. The third-order valence-corrected chi connectivity index (χ3v) is 4.22. The van der Waals surface area contributed by atoms with Crippen molar-refractivity contribution in [2.45, 2.75) is 25.0 Å². The molecule has 0 aromatic heterocycles. The zero-order chi connectivity index (χ0) is 11.6. The van der Waals surface area contributed by atoms with E-state index in [9.17, 15) is 5.11 Å². The fraction of sp³-hybridized carbons (Fsp3) is 1.00. The van der Waals surface area contributed by atoms with Crippen molar-refractivity contribution < 1.29 is 14.6 Å². The van der Waals surface area contributed by atoms with Gasteiger partial charge in [-0.2, -0.15) is 0 Å². The quantitative estimate of drug-likeness (QED) is 0.705. The van der Waals surface area contributed by atoms with E-state index in [1.54, 1.807) is 14.2 Å². The van der Waals surface area contributed by atoms with Crippen LogP contribution in [0.3, 0.4) is 0 Å². The number of aliphatic hydroxyl groups excluding tert-OH is 1. The predicted octanol–water partition coefficient (Wildman–Crippen LogP) is 0.700. The van der Waals surface area contributed by atoms with Crippen LogP contribution < -0.4 is 0 Å². The van der Waals surface area contributed by atoms with Gasteiger partial charge in [0.05, 0.1) is 13.1 Å². The van der Waals surface area contributed by atoms with E-state index in [4.69, 9.17) is 9.47 Å². The van der Waals surface area contributed by atoms with E-state index < -0.39 is 0 Å². The number of hydrogen-bond acceptors (Lipinski definition) is 4. The molecule has 1 saturated carbocycles. The van der Waals surface area contributed by atoms with Crippen molar-refractivity contribution in [1.82, 2.24) is 4.90 Å². The molecular formula is C12H23NO3. The second kappa shape index (κ2) is 5.00. The van der Waals surface area contributed by atoms with Gasteiger partial charge in [-0.15, -0.1) is 0 Å². The molecule has 16 heavy (non-hydrogen) atoms. The molecule has 2 aliphatic rings. The van der Waals surface area contributed by atoms with Crippen molar-refractivity contribution >= 4 is 0 Å². The first-order valence-electron chi connectivity index (χ1n) is 6.16. The zero-order valence-corrected chi connectivity index (χ0v) is 10.3. The van der Waals surface area contributed by atoms with Gasteiger partial charge < -0.3 is 14.6 Å². The number of rotatable bonds is 5. The largest absolute Gasteiger partial charge is 0.396 e. The van der Waals surface area contributed by atoms with Gasteiger partial charge in [0.25, 0.3) is 0 Å². The number of likely N-dealkylation sites (tertiary alicyclic amines) is 1. The average molecular weight is 229 g/mol. The fourth-order valence-electron chi connectivity index (χ4n) is 3.03. The molecular weight excluding hydrogens is 206 g/mol. The van der Waals surface area contributed by atoms with Crippen molar-refractivity contribution in [3.8, 4) is 0 Å². The SMILES string of the molecule is COC1(OC)CN(CC2CCCC2CO)C1. The van der Waals surface area contributed by atoms with Gasteiger partial charge in [-0.1, -0.05) is 6.42 Å². The van der Waals surface area contributed by atoms with E-state index in [0.29, 0.717) is 18.4 Å². The van der Waals surface area contributed by atoms with Crippen molar-refractivity contribution in [3.63, 3.8) is 0 Å². The summed E-state index contributed by atoms with van der Waals surface area (Å²) in [4.78, 5) is 2.37. The van der Waals surface area contributed by atoms with Gasteiger partial charge in [0, 0.05) is 27.4 Å². The predicted molar refractivity (Wildman–Crippen MR) is 61.1 cm³/mol. The van der Waals surface area contributed by atoms with Crippen molar-refractivity contribution in [1.29, 1.82) is 0 Å². The van der Waals surface area contributed by atoms with E-state index in [1.807, 2.05) is 0 Å². The van der Waals surface area contributed by atoms with Crippen LogP contribution in [0, 0.1) is 11.8 Å². The molecule has 2 fully saturated rings. The number of nitrogens with zero attached hydrogens (tertiary/aromatic N) is 1. The zero-order valence-electron chi connectivity index (χ0n) is 10.3. The molecule has 2 unspecified atom stereocenters. The smallest absolute Gasteiger partial charge is 0.193 e. The number of aliphatic hydroxyl groups is 1. The van der Waals surface area contributed by atoms with Gasteiger partial charge >= 0.3 is 0 Å². The summed E-state index contributed by atoms with van der Waals surface area (Å²) < 4.78 is 10.7. The second-order valence-electron chi connectivity index (χ2n) is 5.12. The first-order chi connectivity index (χ1) is 7.73. The minimum Gasteiger partial charge on any atom is -0.396 e. The Morgan fingerprint density at radius 2 is 1.81 bits per heavy atom. The average Bonchev–Trinajstić information content (AvgIpc) is 2.70. The van der Waals surface area contributed by atoms with Crippen molar-refractivity contribution in [2.75, 3.05) is 40.5 Å². The molecule has 1 aliphatic heterocycles. The van der Waals surface area contributed by atoms with Crippen LogP contribution in [-0.4, -0.2) is 56.3 Å². The maximum atomic E-state index is 9.27. The third kappa shape index (κ3) is 2.25. The minimum absolute atomic E-state index is 0.345. The summed E-state index contributed by atoms with van der Waals surface area (Å²) in [5.41, 5.74) is 0. The van der Waals surface area contributed by atoms with Crippen LogP contribution >= 0.6 is 0 Å². The monoisotopic (exact) mass is 229 g/mol. The molecule has 1 aliphatic carbocycles. The third-order valence-electron chi connectivity index (χ3n) is 4.22. The maximum absolute atomic E-state index is 9.27. The Labute approximate surface area is 97.5 Å². The summed E-state index contributed by atoms with van der Waals surface area (Å²) >= 11 is 0. The summed E-state index contributed by atoms with van der Waals surface area (Å²) in [5, 5.41) is 9.27. The Morgan fingerprint density at radius 1 is 1.19 bits per heavy atom. The first kappa shape index (κ1) is 12.3. The molecule has 0 radical (unpaired) electrons. The molecule has 2 atom stereocenters. The molecule has 0 aromatic rings. The first-order valence-corrected chi connectivity index (χ1v) is 6.16. The van der Waals surface area contributed by atoms with Gasteiger partial charge in [0.2, 0.25) is 0 Å². The van der Waals surface area contributed by atoms with Crippen LogP contribution in [0.5, 0.6) is 0 Å². The molecule has 4 nitrogen and oxygen atoms in total. The topological polar surface area (TPSA) is 41.9 Å². The normalized spacial score (nSPS) is 33.9. The van der Waals surface area contributed by atoms with Crippen LogP contribution in [0.4, 0.5) is 0 Å². The van der Waals surface area contributed by atoms with Crippen LogP contribution in [0.25, 0.3) is 0 Å². The molecule has 94 valence electrons. The summed E-state index contributed by atoms with van der Waals surface area (Å²) in [6.07, 6.45) is 3.72. The summed E-state index contributed by atoms with van der Waals surface area (Å²) in [5.74, 6) is 0.810. The molecule has 1 saturated heterocycles. The molecule has 0 spiro atoms. The summed E-state index contributed by atoms with van der Waals surface area (Å²) in [6.45, 7) is 3.14. The number of hydrogen-bond donors (Lipinski definition) is 1. The highest BCUT2D eigenvalue weighted by Crippen LogP contribution is 2.34. The van der Waals surface area contributed by atoms with Crippen LogP contribution in [0.15, 0.2) is 0 Å². The molecule has 0 amide bonds. The Bertz CT molecular complexity index is 222. The van der Waals surface area contributed by atoms with Gasteiger partial charge in [-0.3, -0.25) is 4.90 Å². The van der Waals surface area contributed by atoms with Gasteiger partial charge in [-0.05, 0) is 24.7 Å². The van der Waals surface area contributed by atoms with E-state index >= 15 is 0 Å². The van der Waals surface area contributed by atoms with Crippen LogP contribution in [0.1, 0.15) is 19.3 Å². The molecule has 2 rings (SSSR count). The fourth-order valence-corrected chi connectivity index (χ4v) is 3.03. The van der Waals surface area contributed by atoms with Crippen LogP contribution in [-0.2, 0) is 9.47 Å². The van der Waals surface area contributed by atoms with E-state index in [1.165, 1.54) is 19.3 Å². The molecule has 0 aromatic carbocycles.